The lowest BCUT2D eigenvalue weighted by molar-refractivity contribution is -0.144. The number of aliphatic hydroxyl groups excluding tert-OH is 1. The maximum atomic E-state index is 14.8. The number of amides is 4. The molecular weight excluding hydrogens is 938 g/mol. The first-order chi connectivity index (χ1) is 34.7. The first kappa shape index (κ1) is 51.5. The SMILES string of the molecule is COc1cccc(F)c1-c1ncc2[nH]nc(-c3ccc(N4CCN(CC(=O)NCCCCCCC(=O)N[C@H](C(=O)N5C[C@H](O)C[C@H]5C(=O)NCc5ccc(-c6scnc6C)cc5)C(C)(C)C)CC4)cc3)c2n1. The fraction of sp³-hybridized carbons (Fsp3) is 0.434. The van der Waals surface area contributed by atoms with Crippen LogP contribution in [-0.2, 0) is 25.7 Å². The van der Waals surface area contributed by atoms with Gasteiger partial charge in [-0.15, -0.1) is 11.3 Å². The number of unbranched alkanes of at least 4 members (excludes halogenated alkanes) is 3. The van der Waals surface area contributed by atoms with Crippen molar-refractivity contribution in [1.29, 1.82) is 0 Å². The molecule has 5 heterocycles. The number of aromatic amines is 1. The van der Waals surface area contributed by atoms with Crippen LogP contribution in [0.1, 0.15) is 70.6 Å². The highest BCUT2D eigenvalue weighted by Crippen LogP contribution is 2.34. The summed E-state index contributed by atoms with van der Waals surface area (Å²) in [7, 11) is 1.48. The predicted octanol–water partition coefficient (Wildman–Crippen LogP) is 6.26. The molecule has 0 bridgehead atoms. The molecule has 2 saturated heterocycles. The molecule has 0 unspecified atom stereocenters. The number of hydrogen-bond donors (Lipinski definition) is 5. The standard InChI is InChI=1S/C53H64FN11O6S/c1-33-48(72-32-58-33)36-16-14-34(15-17-36)28-57-51(69)41-27-38(66)30-65(41)52(70)49(53(2,3)4)59-43(67)13-8-6-7-9-22-55-44(68)31-63-23-25-64(26-24-63)37-20-18-35(19-21-37)46-47-40(61-62-46)29-56-50(60-47)45-39(54)11-10-12-42(45)71-5/h10-12,14-21,29,32,38,41,49,66H,6-9,13,22-28,30-31H2,1-5H3,(H,55,68)(H,57,69)(H,59,67)(H,61,62)/t38-,41+,49-/m1/s1. The summed E-state index contributed by atoms with van der Waals surface area (Å²) in [6.07, 6.45) is 4.11. The van der Waals surface area contributed by atoms with Crippen LogP contribution in [0.3, 0.4) is 0 Å². The van der Waals surface area contributed by atoms with E-state index < -0.39 is 29.4 Å². The minimum absolute atomic E-state index is 0.0101. The number of rotatable bonds is 19. The van der Waals surface area contributed by atoms with E-state index >= 15 is 0 Å². The molecule has 3 aromatic carbocycles. The van der Waals surface area contributed by atoms with E-state index in [1.54, 1.807) is 29.7 Å². The molecule has 2 aliphatic rings. The summed E-state index contributed by atoms with van der Waals surface area (Å²) in [4.78, 5) is 73.9. The molecule has 17 nitrogen and oxygen atoms in total. The smallest absolute Gasteiger partial charge is 0.246 e. The molecular formula is C53H64FN11O6S. The van der Waals surface area contributed by atoms with E-state index in [4.69, 9.17) is 4.74 Å². The third-order valence-corrected chi connectivity index (χ3v) is 14.3. The van der Waals surface area contributed by atoms with Crippen molar-refractivity contribution in [1.82, 2.24) is 50.9 Å². The van der Waals surface area contributed by atoms with Crippen LogP contribution in [0, 0.1) is 18.2 Å². The number of aromatic nitrogens is 5. The average Bonchev–Trinajstić information content (AvgIpc) is 4.12. The summed E-state index contributed by atoms with van der Waals surface area (Å²) < 4.78 is 20.2. The number of anilines is 1. The van der Waals surface area contributed by atoms with Crippen LogP contribution in [0.5, 0.6) is 5.75 Å². The van der Waals surface area contributed by atoms with E-state index in [1.165, 1.54) is 18.1 Å². The van der Waals surface area contributed by atoms with Gasteiger partial charge in [-0.25, -0.2) is 19.3 Å². The number of ether oxygens (including phenoxy) is 1. The topological polar surface area (TPSA) is 211 Å². The van der Waals surface area contributed by atoms with Crippen LogP contribution < -0.4 is 25.6 Å². The number of nitrogens with zero attached hydrogens (tertiary/aromatic N) is 7. The number of carbonyl (C=O) groups is 4. The number of aryl methyl sites for hydroxylation is 1. The van der Waals surface area contributed by atoms with E-state index in [-0.39, 0.29) is 60.9 Å². The van der Waals surface area contributed by atoms with Crippen LogP contribution in [0.15, 0.2) is 78.4 Å². The molecule has 8 rings (SSSR count). The van der Waals surface area contributed by atoms with Crippen molar-refractivity contribution in [3.8, 4) is 38.8 Å². The lowest BCUT2D eigenvalue weighted by Crippen LogP contribution is -2.57. The van der Waals surface area contributed by atoms with Gasteiger partial charge < -0.3 is 35.6 Å². The number of aliphatic hydroxyl groups is 1. The summed E-state index contributed by atoms with van der Waals surface area (Å²) >= 11 is 1.58. The third kappa shape index (κ3) is 12.4. The quantitative estimate of drug-likeness (QED) is 0.0570. The lowest BCUT2D eigenvalue weighted by atomic mass is 9.85. The van der Waals surface area contributed by atoms with Crippen molar-refractivity contribution in [3.05, 3.63) is 95.5 Å². The number of H-pyrrole nitrogens is 1. The summed E-state index contributed by atoms with van der Waals surface area (Å²) in [5, 5.41) is 27.0. The largest absolute Gasteiger partial charge is 0.496 e. The number of methoxy groups -OCH3 is 1. The number of thiazole rings is 1. The zero-order valence-corrected chi connectivity index (χ0v) is 42.4. The maximum absolute atomic E-state index is 14.8. The number of benzene rings is 3. The summed E-state index contributed by atoms with van der Waals surface area (Å²) in [5.74, 6) is -0.930. The molecule has 72 heavy (non-hydrogen) atoms. The Morgan fingerprint density at radius 3 is 2.36 bits per heavy atom. The number of likely N-dealkylation sites (tertiary alicyclic amines) is 1. The lowest BCUT2D eigenvalue weighted by Gasteiger charge is -2.35. The van der Waals surface area contributed by atoms with E-state index in [0.29, 0.717) is 42.0 Å². The first-order valence-electron chi connectivity index (χ1n) is 24.6. The Balaban J connectivity index is 0.718. The molecule has 0 spiro atoms. The average molecular weight is 1000 g/mol. The number of hydrogen-bond acceptors (Lipinski definition) is 13. The second-order valence-electron chi connectivity index (χ2n) is 19.6. The second kappa shape index (κ2) is 23.2. The normalized spacial score (nSPS) is 16.7. The van der Waals surface area contributed by atoms with E-state index in [0.717, 1.165) is 78.4 Å². The van der Waals surface area contributed by atoms with Gasteiger partial charge in [0.15, 0.2) is 5.82 Å². The summed E-state index contributed by atoms with van der Waals surface area (Å²) in [6, 6.07) is 18.8. The maximum Gasteiger partial charge on any atom is 0.246 e. The minimum Gasteiger partial charge on any atom is -0.496 e. The van der Waals surface area contributed by atoms with Crippen LogP contribution in [0.25, 0.3) is 44.1 Å². The highest BCUT2D eigenvalue weighted by Gasteiger charge is 2.44. The molecule has 0 saturated carbocycles. The monoisotopic (exact) mass is 1000 g/mol. The van der Waals surface area contributed by atoms with E-state index in [1.807, 2.05) is 81.7 Å². The number of piperazine rings is 1. The molecule has 0 radical (unpaired) electrons. The van der Waals surface area contributed by atoms with Crippen molar-refractivity contribution in [2.75, 3.05) is 57.8 Å². The van der Waals surface area contributed by atoms with E-state index in [9.17, 15) is 28.7 Å². The van der Waals surface area contributed by atoms with Crippen molar-refractivity contribution < 1.29 is 33.4 Å². The van der Waals surface area contributed by atoms with Gasteiger partial charge in [-0.3, -0.25) is 29.2 Å². The molecule has 0 aliphatic carbocycles. The van der Waals surface area contributed by atoms with Gasteiger partial charge in [0.25, 0.3) is 0 Å². The summed E-state index contributed by atoms with van der Waals surface area (Å²) in [6.45, 7) is 11.7. The Bertz CT molecular complexity index is 2840. The molecule has 2 aliphatic heterocycles. The van der Waals surface area contributed by atoms with Gasteiger partial charge >= 0.3 is 0 Å². The number of halogens is 1. The Kier molecular flexibility index (Phi) is 16.6. The van der Waals surface area contributed by atoms with Crippen molar-refractivity contribution in [2.45, 2.75) is 91.0 Å². The van der Waals surface area contributed by atoms with Gasteiger partial charge in [-0.05, 0) is 60.6 Å². The van der Waals surface area contributed by atoms with Crippen LogP contribution in [0.2, 0.25) is 0 Å². The molecule has 5 N–H and O–H groups in total. The molecule has 19 heteroatoms. The third-order valence-electron chi connectivity index (χ3n) is 13.3. The van der Waals surface area contributed by atoms with Crippen LogP contribution >= 0.6 is 11.3 Å². The van der Waals surface area contributed by atoms with Crippen molar-refractivity contribution >= 4 is 51.7 Å². The van der Waals surface area contributed by atoms with Gasteiger partial charge in [-0.1, -0.05) is 76.1 Å². The highest BCUT2D eigenvalue weighted by molar-refractivity contribution is 7.13. The second-order valence-corrected chi connectivity index (χ2v) is 20.5. The number of β-amino-alcohol motifs (C(OH)–C–C–N with tert-alkyl or cyclic N) is 1. The fourth-order valence-electron chi connectivity index (χ4n) is 9.29. The number of nitrogens with one attached hydrogen (secondary N) is 4. The van der Waals surface area contributed by atoms with Gasteiger partial charge in [0, 0.05) is 69.9 Å². The Morgan fingerprint density at radius 1 is 0.917 bits per heavy atom. The van der Waals surface area contributed by atoms with E-state index in [2.05, 4.69) is 50.9 Å². The predicted molar refractivity (Wildman–Crippen MR) is 275 cm³/mol. The van der Waals surface area contributed by atoms with Crippen LogP contribution in [0.4, 0.5) is 10.1 Å². The van der Waals surface area contributed by atoms with Crippen molar-refractivity contribution in [3.63, 3.8) is 0 Å². The van der Waals surface area contributed by atoms with Gasteiger partial charge in [0.05, 0.1) is 47.6 Å². The molecule has 380 valence electrons. The molecule has 3 atom stereocenters. The molecule has 2 fully saturated rings. The molecule has 3 aromatic heterocycles. The fourth-order valence-corrected chi connectivity index (χ4v) is 10.1. The van der Waals surface area contributed by atoms with Gasteiger partial charge in [0.1, 0.15) is 40.4 Å². The number of fused-ring (bicyclic) bond motifs is 1. The van der Waals surface area contributed by atoms with Crippen molar-refractivity contribution in [2.24, 2.45) is 5.41 Å². The Hall–Kier alpha value is -6.83. The Labute approximate surface area is 423 Å². The van der Waals surface area contributed by atoms with Crippen LogP contribution in [-0.4, -0.2) is 135 Å². The minimum atomic E-state index is -0.888. The first-order valence-corrected chi connectivity index (χ1v) is 25.5. The summed E-state index contributed by atoms with van der Waals surface area (Å²) in [5.41, 5.74) is 8.03. The zero-order valence-electron chi connectivity index (χ0n) is 41.5. The van der Waals surface area contributed by atoms with Gasteiger partial charge in [-0.2, -0.15) is 5.10 Å². The molecule has 4 amide bonds. The zero-order chi connectivity index (χ0) is 50.9. The highest BCUT2D eigenvalue weighted by atomic mass is 32.1. The Morgan fingerprint density at radius 2 is 1.65 bits per heavy atom. The molecule has 6 aromatic rings. The van der Waals surface area contributed by atoms with Gasteiger partial charge in [0.2, 0.25) is 23.6 Å². The number of carbonyl (C=O) groups excluding carboxylic acids is 4.